The van der Waals surface area contributed by atoms with Crippen molar-refractivity contribution in [1.82, 2.24) is 9.78 Å². The largest absolute Gasteiger partial charge is 0.347 e. The van der Waals surface area contributed by atoms with Gasteiger partial charge in [-0.2, -0.15) is 5.10 Å². The summed E-state index contributed by atoms with van der Waals surface area (Å²) in [5.41, 5.74) is 6.34. The van der Waals surface area contributed by atoms with Crippen molar-refractivity contribution < 1.29 is 4.92 Å². The topological polar surface area (TPSA) is 90.2 Å². The molecule has 1 aromatic rings. The second kappa shape index (κ2) is 4.93. The summed E-state index contributed by atoms with van der Waals surface area (Å²) in [5, 5.41) is 15.5. The molecule has 0 spiro atoms. The number of rotatable bonds is 4. The second-order valence-electron chi connectivity index (χ2n) is 4.56. The molecule has 0 radical (unpaired) electrons. The molecule has 0 aromatic carbocycles. The van der Waals surface area contributed by atoms with Crippen LogP contribution in [0.3, 0.4) is 0 Å². The fourth-order valence-electron chi connectivity index (χ4n) is 2.64. The minimum atomic E-state index is -0.338. The van der Waals surface area contributed by atoms with Gasteiger partial charge in [0.25, 0.3) is 0 Å². The zero-order valence-corrected chi connectivity index (χ0v) is 10.8. The molecule has 2 rings (SSSR count). The predicted molar refractivity (Wildman–Crippen MR) is 68.7 cm³/mol. The summed E-state index contributed by atoms with van der Waals surface area (Å²) in [4.78, 5) is 12.9. The Morgan fingerprint density at radius 1 is 1.61 bits per heavy atom. The lowest BCUT2D eigenvalue weighted by atomic mass is 10.2. The average molecular weight is 253 g/mol. The maximum absolute atomic E-state index is 11.2. The molecule has 1 atom stereocenters. The van der Waals surface area contributed by atoms with Crippen LogP contribution < -0.4 is 10.6 Å². The molecule has 100 valence electrons. The zero-order chi connectivity index (χ0) is 13.3. The molecule has 0 saturated carbocycles. The van der Waals surface area contributed by atoms with E-state index < -0.39 is 0 Å². The van der Waals surface area contributed by atoms with Crippen molar-refractivity contribution in [3.8, 4) is 0 Å². The van der Waals surface area contributed by atoms with E-state index in [1.807, 2.05) is 11.8 Å². The number of nitro groups is 1. The van der Waals surface area contributed by atoms with Crippen LogP contribution in [-0.2, 0) is 6.54 Å². The van der Waals surface area contributed by atoms with E-state index in [4.69, 9.17) is 5.73 Å². The lowest BCUT2D eigenvalue weighted by Crippen LogP contribution is -2.37. The second-order valence-corrected chi connectivity index (χ2v) is 4.56. The highest BCUT2D eigenvalue weighted by atomic mass is 16.6. The third-order valence-electron chi connectivity index (χ3n) is 3.47. The predicted octanol–water partition coefficient (Wildman–Crippen LogP) is 1.05. The summed E-state index contributed by atoms with van der Waals surface area (Å²) in [6, 6.07) is 0.185. The van der Waals surface area contributed by atoms with Gasteiger partial charge >= 0.3 is 5.69 Å². The summed E-state index contributed by atoms with van der Waals surface area (Å²) in [6.45, 7) is 5.57. The summed E-state index contributed by atoms with van der Waals surface area (Å²) < 4.78 is 1.71. The minimum Gasteiger partial charge on any atom is -0.347 e. The smallest absolute Gasteiger partial charge is 0.333 e. The molecular formula is C11H19N5O2. The minimum absolute atomic E-state index is 0.122. The van der Waals surface area contributed by atoms with Crippen molar-refractivity contribution in [2.45, 2.75) is 39.3 Å². The van der Waals surface area contributed by atoms with Crippen molar-refractivity contribution in [1.29, 1.82) is 0 Å². The van der Waals surface area contributed by atoms with Crippen LogP contribution in [0.2, 0.25) is 0 Å². The highest BCUT2D eigenvalue weighted by Crippen LogP contribution is 2.35. The molecule has 1 saturated heterocycles. The molecule has 0 bridgehead atoms. The third kappa shape index (κ3) is 1.94. The maximum atomic E-state index is 11.2. The van der Waals surface area contributed by atoms with E-state index in [-0.39, 0.29) is 16.7 Å². The van der Waals surface area contributed by atoms with E-state index in [1.165, 1.54) is 0 Å². The van der Waals surface area contributed by atoms with E-state index >= 15 is 0 Å². The van der Waals surface area contributed by atoms with Gasteiger partial charge in [-0.25, -0.2) is 4.68 Å². The van der Waals surface area contributed by atoms with Crippen LogP contribution in [0.5, 0.6) is 0 Å². The molecule has 7 heteroatoms. The van der Waals surface area contributed by atoms with Gasteiger partial charge in [0.15, 0.2) is 0 Å². The Balaban J connectivity index is 2.50. The summed E-state index contributed by atoms with van der Waals surface area (Å²) in [7, 11) is 0. The lowest BCUT2D eigenvalue weighted by Gasteiger charge is -2.25. The quantitative estimate of drug-likeness (QED) is 0.639. The highest BCUT2D eigenvalue weighted by Gasteiger charge is 2.34. The van der Waals surface area contributed by atoms with Crippen LogP contribution in [0.1, 0.15) is 25.5 Å². The summed E-state index contributed by atoms with van der Waals surface area (Å²) in [5.74, 6) is 0.618. The Bertz CT molecular complexity index is 457. The first-order chi connectivity index (χ1) is 8.60. The van der Waals surface area contributed by atoms with Gasteiger partial charge in [-0.1, -0.05) is 0 Å². The van der Waals surface area contributed by atoms with Crippen molar-refractivity contribution in [2.24, 2.45) is 5.73 Å². The fraction of sp³-hybridized carbons (Fsp3) is 0.727. The molecular weight excluding hydrogens is 234 g/mol. The Labute approximate surface area is 106 Å². The monoisotopic (exact) mass is 253 g/mol. The number of nitrogens with two attached hydrogens (primary N) is 1. The summed E-state index contributed by atoms with van der Waals surface area (Å²) >= 11 is 0. The number of nitrogens with zero attached hydrogens (tertiary/aromatic N) is 4. The van der Waals surface area contributed by atoms with E-state index in [0.29, 0.717) is 24.6 Å². The van der Waals surface area contributed by atoms with Gasteiger partial charge in [0.1, 0.15) is 5.69 Å². The van der Waals surface area contributed by atoms with Crippen LogP contribution in [0.4, 0.5) is 11.5 Å². The van der Waals surface area contributed by atoms with E-state index in [9.17, 15) is 10.1 Å². The standard InChI is InChI=1S/C11H19N5O2/c1-3-15-11(10(16(17)18)8(2)13-15)14-6-4-5-9(14)7-12/h9H,3-7,12H2,1-2H3. The number of aromatic nitrogens is 2. The van der Waals surface area contributed by atoms with Gasteiger partial charge in [-0.15, -0.1) is 0 Å². The van der Waals surface area contributed by atoms with Gasteiger partial charge in [0.05, 0.1) is 4.92 Å². The van der Waals surface area contributed by atoms with Crippen molar-refractivity contribution in [3.63, 3.8) is 0 Å². The van der Waals surface area contributed by atoms with E-state index in [0.717, 1.165) is 19.4 Å². The molecule has 0 amide bonds. The molecule has 1 aliphatic rings. The normalized spacial score (nSPS) is 19.5. The third-order valence-corrected chi connectivity index (χ3v) is 3.47. The SMILES string of the molecule is CCn1nc(C)c([N+](=O)[O-])c1N1CCCC1CN. The highest BCUT2D eigenvalue weighted by molar-refractivity contribution is 5.62. The molecule has 1 unspecified atom stereocenters. The molecule has 18 heavy (non-hydrogen) atoms. The number of aryl methyl sites for hydroxylation is 2. The van der Waals surface area contributed by atoms with Gasteiger partial charge in [-0.05, 0) is 26.7 Å². The Morgan fingerprint density at radius 2 is 2.33 bits per heavy atom. The van der Waals surface area contributed by atoms with Gasteiger partial charge in [0.2, 0.25) is 5.82 Å². The molecule has 2 heterocycles. The zero-order valence-electron chi connectivity index (χ0n) is 10.8. The molecule has 1 aromatic heterocycles. The van der Waals surface area contributed by atoms with Crippen LogP contribution in [0, 0.1) is 17.0 Å². The first kappa shape index (κ1) is 12.8. The molecule has 1 aliphatic heterocycles. The van der Waals surface area contributed by atoms with Crippen molar-refractivity contribution in [3.05, 3.63) is 15.8 Å². The van der Waals surface area contributed by atoms with E-state index in [2.05, 4.69) is 5.10 Å². The summed E-state index contributed by atoms with van der Waals surface area (Å²) in [6.07, 6.45) is 2.01. The Morgan fingerprint density at radius 3 is 2.89 bits per heavy atom. The molecule has 7 nitrogen and oxygen atoms in total. The van der Waals surface area contributed by atoms with Gasteiger partial charge in [-0.3, -0.25) is 10.1 Å². The van der Waals surface area contributed by atoms with E-state index in [1.54, 1.807) is 11.6 Å². The lowest BCUT2D eigenvalue weighted by molar-refractivity contribution is -0.384. The van der Waals surface area contributed by atoms with Crippen LogP contribution >= 0.6 is 0 Å². The van der Waals surface area contributed by atoms with Gasteiger partial charge in [0, 0.05) is 25.7 Å². The van der Waals surface area contributed by atoms with Crippen LogP contribution in [-0.4, -0.2) is 33.8 Å². The molecule has 2 N–H and O–H groups in total. The number of anilines is 1. The first-order valence-corrected chi connectivity index (χ1v) is 6.28. The fourth-order valence-corrected chi connectivity index (χ4v) is 2.64. The number of hydrogen-bond acceptors (Lipinski definition) is 5. The Kier molecular flexibility index (Phi) is 3.51. The molecule has 1 fully saturated rings. The van der Waals surface area contributed by atoms with Crippen LogP contribution in [0.25, 0.3) is 0 Å². The first-order valence-electron chi connectivity index (χ1n) is 6.28. The maximum Gasteiger partial charge on any atom is 0.333 e. The average Bonchev–Trinajstić information content (AvgIpc) is 2.91. The van der Waals surface area contributed by atoms with Crippen molar-refractivity contribution in [2.75, 3.05) is 18.0 Å². The Hall–Kier alpha value is -1.63. The molecule has 0 aliphatic carbocycles. The van der Waals surface area contributed by atoms with Crippen LogP contribution in [0.15, 0.2) is 0 Å². The van der Waals surface area contributed by atoms with Crippen molar-refractivity contribution >= 4 is 11.5 Å². The van der Waals surface area contributed by atoms with Gasteiger partial charge < -0.3 is 10.6 Å². The number of hydrogen-bond donors (Lipinski definition) is 1.